The topological polar surface area (TPSA) is 12.0 Å². The van der Waals surface area contributed by atoms with Crippen molar-refractivity contribution in [3.05, 3.63) is 70.8 Å². The van der Waals surface area contributed by atoms with E-state index in [-0.39, 0.29) is 6.04 Å². The van der Waals surface area contributed by atoms with Gasteiger partial charge in [-0.2, -0.15) is 0 Å². The normalized spacial score (nSPS) is 12.4. The highest BCUT2D eigenvalue weighted by atomic mass is 14.9. The van der Waals surface area contributed by atoms with Crippen LogP contribution in [0.5, 0.6) is 0 Å². The third kappa shape index (κ3) is 2.80. The molecule has 1 unspecified atom stereocenters. The van der Waals surface area contributed by atoms with E-state index in [1.165, 1.54) is 22.3 Å². The number of aryl methyl sites for hydroxylation is 2. The summed E-state index contributed by atoms with van der Waals surface area (Å²) in [5, 5.41) is 3.58. The van der Waals surface area contributed by atoms with Crippen LogP contribution >= 0.6 is 0 Å². The molecule has 0 aliphatic rings. The van der Waals surface area contributed by atoms with Gasteiger partial charge in [-0.05, 0) is 37.1 Å². The summed E-state index contributed by atoms with van der Waals surface area (Å²) in [6.07, 6.45) is 0. The van der Waals surface area contributed by atoms with Crippen LogP contribution in [0, 0.1) is 13.8 Å². The van der Waals surface area contributed by atoms with E-state index in [1.54, 1.807) is 0 Å². The molecule has 2 aromatic carbocycles. The molecular formula is C17H21N. The Morgan fingerprint density at radius 2 is 1.61 bits per heavy atom. The Kier molecular flexibility index (Phi) is 4.16. The monoisotopic (exact) mass is 239 g/mol. The summed E-state index contributed by atoms with van der Waals surface area (Å²) in [6, 6.07) is 17.7. The molecule has 0 aliphatic carbocycles. The lowest BCUT2D eigenvalue weighted by molar-refractivity contribution is 0.627. The van der Waals surface area contributed by atoms with E-state index in [4.69, 9.17) is 0 Å². The molecule has 0 heterocycles. The fourth-order valence-electron chi connectivity index (χ4n) is 2.28. The largest absolute Gasteiger partial charge is 0.307 e. The molecular weight excluding hydrogens is 218 g/mol. The first kappa shape index (κ1) is 12.8. The molecule has 94 valence electrons. The Morgan fingerprint density at radius 1 is 0.944 bits per heavy atom. The Hall–Kier alpha value is -1.60. The molecule has 1 nitrogen and oxygen atoms in total. The second-order valence-electron chi connectivity index (χ2n) is 4.76. The number of hydrogen-bond donors (Lipinski definition) is 1. The molecule has 0 radical (unpaired) electrons. The van der Waals surface area contributed by atoms with E-state index in [1.807, 2.05) is 0 Å². The lowest BCUT2D eigenvalue weighted by atomic mass is 9.94. The molecule has 0 saturated carbocycles. The van der Waals surface area contributed by atoms with Gasteiger partial charge in [0, 0.05) is 0 Å². The van der Waals surface area contributed by atoms with Crippen LogP contribution < -0.4 is 5.32 Å². The van der Waals surface area contributed by atoms with Crippen LogP contribution in [0.25, 0.3) is 0 Å². The molecule has 1 heteroatoms. The first-order valence-electron chi connectivity index (χ1n) is 6.58. The molecule has 1 N–H and O–H groups in total. The minimum atomic E-state index is 0.289. The Labute approximate surface area is 110 Å². The first-order chi connectivity index (χ1) is 8.72. The second-order valence-corrected chi connectivity index (χ2v) is 4.76. The van der Waals surface area contributed by atoms with Gasteiger partial charge < -0.3 is 5.32 Å². The minimum Gasteiger partial charge on any atom is -0.307 e. The van der Waals surface area contributed by atoms with Crippen molar-refractivity contribution < 1.29 is 0 Å². The summed E-state index contributed by atoms with van der Waals surface area (Å²) >= 11 is 0. The summed E-state index contributed by atoms with van der Waals surface area (Å²) in [6.45, 7) is 7.42. The molecule has 0 saturated heterocycles. The van der Waals surface area contributed by atoms with Crippen LogP contribution in [-0.2, 0) is 0 Å². The van der Waals surface area contributed by atoms with Gasteiger partial charge in [-0.3, -0.25) is 0 Å². The zero-order valence-electron chi connectivity index (χ0n) is 11.4. The molecule has 0 aliphatic heterocycles. The highest BCUT2D eigenvalue weighted by Crippen LogP contribution is 2.24. The third-order valence-electron chi connectivity index (χ3n) is 3.32. The maximum absolute atomic E-state index is 3.58. The maximum Gasteiger partial charge on any atom is 0.0579 e. The summed E-state index contributed by atoms with van der Waals surface area (Å²) in [5.41, 5.74) is 5.34. The van der Waals surface area contributed by atoms with Crippen LogP contribution in [0.3, 0.4) is 0 Å². The van der Waals surface area contributed by atoms with Crippen molar-refractivity contribution in [2.24, 2.45) is 0 Å². The average molecular weight is 239 g/mol. The molecule has 0 amide bonds. The van der Waals surface area contributed by atoms with Crippen molar-refractivity contribution >= 4 is 0 Å². The Balaban J connectivity index is 2.40. The second kappa shape index (κ2) is 5.83. The maximum atomic E-state index is 3.58. The molecule has 0 spiro atoms. The highest BCUT2D eigenvalue weighted by Gasteiger charge is 2.14. The third-order valence-corrected chi connectivity index (χ3v) is 3.32. The van der Waals surface area contributed by atoms with Crippen LogP contribution in [0.2, 0.25) is 0 Å². The van der Waals surface area contributed by atoms with E-state index in [0.717, 1.165) is 6.54 Å². The lowest BCUT2D eigenvalue weighted by Crippen LogP contribution is -2.22. The Morgan fingerprint density at radius 3 is 2.22 bits per heavy atom. The minimum absolute atomic E-state index is 0.289. The van der Waals surface area contributed by atoms with E-state index in [0.29, 0.717) is 0 Å². The zero-order valence-corrected chi connectivity index (χ0v) is 11.4. The van der Waals surface area contributed by atoms with E-state index in [2.05, 4.69) is 74.6 Å². The van der Waals surface area contributed by atoms with E-state index < -0.39 is 0 Å². The van der Waals surface area contributed by atoms with Crippen molar-refractivity contribution in [1.29, 1.82) is 0 Å². The van der Waals surface area contributed by atoms with Gasteiger partial charge in [0.2, 0.25) is 0 Å². The number of hydrogen-bond acceptors (Lipinski definition) is 1. The molecule has 2 rings (SSSR count). The first-order valence-corrected chi connectivity index (χ1v) is 6.58. The number of benzene rings is 2. The molecule has 2 aromatic rings. The van der Waals surface area contributed by atoms with Crippen molar-refractivity contribution in [1.82, 2.24) is 5.32 Å². The highest BCUT2D eigenvalue weighted by molar-refractivity contribution is 5.37. The van der Waals surface area contributed by atoms with E-state index in [9.17, 15) is 0 Å². The predicted molar refractivity (Wildman–Crippen MR) is 77.9 cm³/mol. The van der Waals surface area contributed by atoms with Crippen LogP contribution in [0.4, 0.5) is 0 Å². The van der Waals surface area contributed by atoms with Crippen LogP contribution in [0.15, 0.2) is 48.5 Å². The zero-order chi connectivity index (χ0) is 13.0. The predicted octanol–water partition coefficient (Wildman–Crippen LogP) is 4.00. The van der Waals surface area contributed by atoms with Crippen molar-refractivity contribution in [3.8, 4) is 0 Å². The summed E-state index contributed by atoms with van der Waals surface area (Å²) in [5.74, 6) is 0. The standard InChI is InChI=1S/C17H21N/c1-4-18-17(15-11-9-13(2)10-12-15)16-8-6-5-7-14(16)3/h5-12,17-18H,4H2,1-3H3. The van der Waals surface area contributed by atoms with Crippen LogP contribution in [0.1, 0.15) is 35.2 Å². The van der Waals surface area contributed by atoms with Gasteiger partial charge in [-0.1, -0.05) is 61.0 Å². The summed E-state index contributed by atoms with van der Waals surface area (Å²) in [7, 11) is 0. The lowest BCUT2D eigenvalue weighted by Gasteiger charge is -2.21. The smallest absolute Gasteiger partial charge is 0.0579 e. The molecule has 1 atom stereocenters. The van der Waals surface area contributed by atoms with Gasteiger partial charge in [0.25, 0.3) is 0 Å². The number of nitrogens with one attached hydrogen (secondary N) is 1. The van der Waals surface area contributed by atoms with Crippen molar-refractivity contribution in [2.45, 2.75) is 26.8 Å². The molecule has 18 heavy (non-hydrogen) atoms. The molecule has 0 aromatic heterocycles. The molecule has 0 fully saturated rings. The molecule has 0 bridgehead atoms. The fraction of sp³-hybridized carbons (Fsp3) is 0.294. The fourth-order valence-corrected chi connectivity index (χ4v) is 2.28. The van der Waals surface area contributed by atoms with Crippen LogP contribution in [-0.4, -0.2) is 6.54 Å². The quantitative estimate of drug-likeness (QED) is 0.850. The number of rotatable bonds is 4. The average Bonchev–Trinajstić information content (AvgIpc) is 2.38. The van der Waals surface area contributed by atoms with Crippen molar-refractivity contribution in [3.63, 3.8) is 0 Å². The van der Waals surface area contributed by atoms with Gasteiger partial charge in [0.15, 0.2) is 0 Å². The van der Waals surface area contributed by atoms with Crippen molar-refractivity contribution in [2.75, 3.05) is 6.54 Å². The Bertz CT molecular complexity index is 499. The van der Waals surface area contributed by atoms with Gasteiger partial charge in [0.05, 0.1) is 6.04 Å². The van der Waals surface area contributed by atoms with Gasteiger partial charge in [-0.25, -0.2) is 0 Å². The summed E-state index contributed by atoms with van der Waals surface area (Å²) in [4.78, 5) is 0. The SMILES string of the molecule is CCNC(c1ccc(C)cc1)c1ccccc1C. The van der Waals surface area contributed by atoms with E-state index >= 15 is 0 Å². The van der Waals surface area contributed by atoms with Gasteiger partial charge >= 0.3 is 0 Å². The summed E-state index contributed by atoms with van der Waals surface area (Å²) < 4.78 is 0. The van der Waals surface area contributed by atoms with Gasteiger partial charge in [-0.15, -0.1) is 0 Å². The van der Waals surface area contributed by atoms with Gasteiger partial charge in [0.1, 0.15) is 0 Å².